The molecule has 0 aliphatic heterocycles. The predicted octanol–water partition coefficient (Wildman–Crippen LogP) is 1.91. The maximum absolute atomic E-state index is 9.90. The van der Waals surface area contributed by atoms with Crippen LogP contribution in [-0.2, 0) is 0 Å². The highest BCUT2D eigenvalue weighted by Crippen LogP contribution is 2.40. The van der Waals surface area contributed by atoms with Crippen LogP contribution in [0, 0.1) is 11.3 Å². The Balaban J connectivity index is 2.61. The molecule has 13 heavy (non-hydrogen) atoms. The molecular weight excluding hydrogens is 162 g/mol. The van der Waals surface area contributed by atoms with Gasteiger partial charge in [-0.3, -0.25) is 0 Å². The van der Waals surface area contributed by atoms with Crippen LogP contribution in [0.5, 0.6) is 0 Å². The lowest BCUT2D eigenvalue weighted by Crippen LogP contribution is -2.51. The van der Waals surface area contributed by atoms with Crippen molar-refractivity contribution >= 4 is 0 Å². The van der Waals surface area contributed by atoms with Crippen LogP contribution in [0.3, 0.4) is 0 Å². The van der Waals surface area contributed by atoms with Crippen molar-refractivity contribution in [2.45, 2.75) is 58.6 Å². The number of hydrogen-bond donors (Lipinski definition) is 2. The summed E-state index contributed by atoms with van der Waals surface area (Å²) in [5, 5.41) is 9.90. The van der Waals surface area contributed by atoms with Crippen LogP contribution in [0.4, 0.5) is 0 Å². The predicted molar refractivity (Wildman–Crippen MR) is 55.4 cm³/mol. The molecular formula is C11H23NO. The van der Waals surface area contributed by atoms with Gasteiger partial charge >= 0.3 is 0 Å². The average molecular weight is 185 g/mol. The zero-order valence-corrected chi connectivity index (χ0v) is 9.30. The third-order valence-electron chi connectivity index (χ3n) is 3.56. The minimum absolute atomic E-state index is 0.0505. The molecule has 3 N–H and O–H groups in total. The molecule has 1 saturated carbocycles. The monoisotopic (exact) mass is 185 g/mol. The minimum Gasteiger partial charge on any atom is -0.389 e. The molecule has 0 amide bonds. The summed E-state index contributed by atoms with van der Waals surface area (Å²) in [6, 6.07) is -0.0505. The zero-order valence-electron chi connectivity index (χ0n) is 9.30. The average Bonchev–Trinajstić information content (AvgIpc) is 1.92. The van der Waals surface area contributed by atoms with Gasteiger partial charge in [0.2, 0.25) is 0 Å². The van der Waals surface area contributed by atoms with Crippen LogP contribution in [-0.4, -0.2) is 16.7 Å². The Bertz CT molecular complexity index is 181. The van der Waals surface area contributed by atoms with E-state index in [1.807, 2.05) is 6.92 Å². The standard InChI is InChI=1S/C11H23NO/c1-10(2,3)8-5-6-11(4,13)9(12)7-8/h8-9,13H,5-7,12H2,1-4H3. The van der Waals surface area contributed by atoms with Crippen molar-refractivity contribution < 1.29 is 5.11 Å². The molecule has 0 aromatic heterocycles. The molecule has 0 aromatic carbocycles. The van der Waals surface area contributed by atoms with Crippen molar-refractivity contribution in [1.29, 1.82) is 0 Å². The first-order valence-electron chi connectivity index (χ1n) is 5.21. The molecule has 78 valence electrons. The third kappa shape index (κ3) is 2.44. The van der Waals surface area contributed by atoms with E-state index in [-0.39, 0.29) is 6.04 Å². The summed E-state index contributed by atoms with van der Waals surface area (Å²) in [6.07, 6.45) is 2.90. The van der Waals surface area contributed by atoms with Crippen LogP contribution >= 0.6 is 0 Å². The summed E-state index contributed by atoms with van der Waals surface area (Å²) < 4.78 is 0. The maximum atomic E-state index is 9.90. The lowest BCUT2D eigenvalue weighted by atomic mass is 9.67. The number of hydrogen-bond acceptors (Lipinski definition) is 2. The molecule has 0 spiro atoms. The quantitative estimate of drug-likeness (QED) is 0.605. The van der Waals surface area contributed by atoms with Gasteiger partial charge in [-0.15, -0.1) is 0 Å². The van der Waals surface area contributed by atoms with Crippen molar-refractivity contribution in [1.82, 2.24) is 0 Å². The van der Waals surface area contributed by atoms with Crippen molar-refractivity contribution in [3.63, 3.8) is 0 Å². The summed E-state index contributed by atoms with van der Waals surface area (Å²) in [6.45, 7) is 8.62. The molecule has 0 heterocycles. The highest BCUT2D eigenvalue weighted by molar-refractivity contribution is 4.94. The van der Waals surface area contributed by atoms with Gasteiger partial charge < -0.3 is 10.8 Å². The molecule has 1 fully saturated rings. The van der Waals surface area contributed by atoms with Crippen LogP contribution in [0.15, 0.2) is 0 Å². The van der Waals surface area contributed by atoms with Crippen molar-refractivity contribution in [3.8, 4) is 0 Å². The second kappa shape index (κ2) is 3.25. The van der Waals surface area contributed by atoms with E-state index in [1.54, 1.807) is 0 Å². The van der Waals surface area contributed by atoms with Gasteiger partial charge in [0, 0.05) is 6.04 Å². The van der Waals surface area contributed by atoms with E-state index in [0.29, 0.717) is 11.3 Å². The Morgan fingerprint density at radius 2 is 1.92 bits per heavy atom. The Morgan fingerprint density at radius 1 is 1.38 bits per heavy atom. The van der Waals surface area contributed by atoms with Crippen LogP contribution < -0.4 is 5.73 Å². The van der Waals surface area contributed by atoms with Crippen LogP contribution in [0.2, 0.25) is 0 Å². The molecule has 3 unspecified atom stereocenters. The van der Waals surface area contributed by atoms with Gasteiger partial charge in [-0.2, -0.15) is 0 Å². The molecule has 2 heteroatoms. The van der Waals surface area contributed by atoms with Gasteiger partial charge in [0.15, 0.2) is 0 Å². The van der Waals surface area contributed by atoms with Gasteiger partial charge in [-0.1, -0.05) is 20.8 Å². The molecule has 0 radical (unpaired) electrons. The Morgan fingerprint density at radius 3 is 2.31 bits per heavy atom. The molecule has 2 nitrogen and oxygen atoms in total. The fourth-order valence-corrected chi connectivity index (χ4v) is 2.12. The van der Waals surface area contributed by atoms with Gasteiger partial charge in [0.1, 0.15) is 0 Å². The van der Waals surface area contributed by atoms with Crippen LogP contribution in [0.1, 0.15) is 47.0 Å². The van der Waals surface area contributed by atoms with E-state index in [9.17, 15) is 5.11 Å². The highest BCUT2D eigenvalue weighted by atomic mass is 16.3. The SMILES string of the molecule is CC(C)(C)C1CCC(C)(O)C(N)C1. The minimum atomic E-state index is -0.637. The van der Waals surface area contributed by atoms with E-state index >= 15 is 0 Å². The third-order valence-corrected chi connectivity index (χ3v) is 3.56. The zero-order chi connectivity index (χ0) is 10.3. The first-order valence-corrected chi connectivity index (χ1v) is 5.21. The molecule has 1 aliphatic rings. The first kappa shape index (κ1) is 11.0. The van der Waals surface area contributed by atoms with E-state index in [1.165, 1.54) is 0 Å². The number of aliphatic hydroxyl groups is 1. The number of nitrogens with two attached hydrogens (primary N) is 1. The summed E-state index contributed by atoms with van der Waals surface area (Å²) in [4.78, 5) is 0. The van der Waals surface area contributed by atoms with Crippen LogP contribution in [0.25, 0.3) is 0 Å². The topological polar surface area (TPSA) is 46.2 Å². The summed E-state index contributed by atoms with van der Waals surface area (Å²) >= 11 is 0. The van der Waals surface area contributed by atoms with Gasteiger partial charge in [-0.05, 0) is 37.5 Å². The van der Waals surface area contributed by atoms with Crippen molar-refractivity contribution in [3.05, 3.63) is 0 Å². The molecule has 3 atom stereocenters. The number of rotatable bonds is 0. The highest BCUT2D eigenvalue weighted by Gasteiger charge is 2.39. The second-order valence-corrected chi connectivity index (χ2v) is 5.80. The summed E-state index contributed by atoms with van der Waals surface area (Å²) in [7, 11) is 0. The lowest BCUT2D eigenvalue weighted by molar-refractivity contribution is -0.0277. The van der Waals surface area contributed by atoms with E-state index in [4.69, 9.17) is 5.73 Å². The fourth-order valence-electron chi connectivity index (χ4n) is 2.12. The molecule has 0 bridgehead atoms. The Labute approximate surface area is 81.5 Å². The van der Waals surface area contributed by atoms with Gasteiger partial charge in [0.25, 0.3) is 0 Å². The van der Waals surface area contributed by atoms with E-state index in [0.717, 1.165) is 19.3 Å². The Hall–Kier alpha value is -0.0800. The van der Waals surface area contributed by atoms with E-state index < -0.39 is 5.60 Å². The molecule has 1 aliphatic carbocycles. The van der Waals surface area contributed by atoms with Gasteiger partial charge in [-0.25, -0.2) is 0 Å². The van der Waals surface area contributed by atoms with E-state index in [2.05, 4.69) is 20.8 Å². The first-order chi connectivity index (χ1) is 5.73. The normalized spacial score (nSPS) is 42.0. The Kier molecular flexibility index (Phi) is 2.75. The maximum Gasteiger partial charge on any atom is 0.0770 e. The second-order valence-electron chi connectivity index (χ2n) is 5.80. The summed E-state index contributed by atoms with van der Waals surface area (Å²) in [5.74, 6) is 0.655. The van der Waals surface area contributed by atoms with Gasteiger partial charge in [0.05, 0.1) is 5.60 Å². The lowest BCUT2D eigenvalue weighted by Gasteiger charge is -2.43. The molecule has 0 aromatic rings. The smallest absolute Gasteiger partial charge is 0.0770 e. The molecule has 0 saturated heterocycles. The largest absolute Gasteiger partial charge is 0.389 e. The van der Waals surface area contributed by atoms with Crippen molar-refractivity contribution in [2.24, 2.45) is 17.1 Å². The van der Waals surface area contributed by atoms with Crippen molar-refractivity contribution in [2.75, 3.05) is 0 Å². The molecule has 1 rings (SSSR count). The fraction of sp³-hybridized carbons (Fsp3) is 1.00. The summed E-state index contributed by atoms with van der Waals surface area (Å²) in [5.41, 5.74) is 5.64.